The minimum atomic E-state index is -2.56. The van der Waals surface area contributed by atoms with Crippen molar-refractivity contribution in [1.82, 2.24) is 0 Å². The van der Waals surface area contributed by atoms with Crippen molar-refractivity contribution in [3.63, 3.8) is 0 Å². The average Bonchev–Trinajstić information content (AvgIpc) is 3.75. The van der Waals surface area contributed by atoms with Crippen molar-refractivity contribution in [3.8, 4) is 0 Å². The number of fused-ring (bicyclic) bond motifs is 4. The standard InChI is InChI=1S/C40H50O15/c1-11-19(2)31(44)54-33-37(8)18-39(55-21(4)42)38(9,24(37)16-25(43)49-10)23-12-14-36(7)27(26(23)30(40(33,39)48)51-20(3)41)28(52-34(46)35(5,6)47)32(45)53-29(36)22-13-15-50-17-22/h11,13,15,17,23-24,28-30,33,47-48H,12,14,16,18H2,1-10H3/b19-11+/t23-,24-,28+,29-,30-,33-,36+,37+,38+,39+,40+/m0/s1. The fourth-order valence-corrected chi connectivity index (χ4v) is 11.1. The summed E-state index contributed by atoms with van der Waals surface area (Å²) in [5.74, 6) is -6.93. The van der Waals surface area contributed by atoms with E-state index in [1.807, 2.05) is 0 Å². The van der Waals surface area contributed by atoms with Crippen LogP contribution in [0.25, 0.3) is 0 Å². The lowest BCUT2D eigenvalue weighted by atomic mass is 9.40. The Balaban J connectivity index is 1.76. The summed E-state index contributed by atoms with van der Waals surface area (Å²) in [4.78, 5) is 81.4. The van der Waals surface area contributed by atoms with Gasteiger partial charge in [-0.15, -0.1) is 0 Å². The first-order chi connectivity index (χ1) is 25.5. The van der Waals surface area contributed by atoms with Crippen molar-refractivity contribution in [2.24, 2.45) is 28.1 Å². The van der Waals surface area contributed by atoms with Crippen LogP contribution < -0.4 is 0 Å². The first kappa shape index (κ1) is 40.2. The van der Waals surface area contributed by atoms with E-state index >= 15 is 0 Å². The number of rotatable bonds is 9. The molecule has 3 saturated carbocycles. The summed E-state index contributed by atoms with van der Waals surface area (Å²) in [5, 5.41) is 24.5. The summed E-state index contributed by atoms with van der Waals surface area (Å²) >= 11 is 0. The summed E-state index contributed by atoms with van der Waals surface area (Å²) in [6.45, 7) is 13.1. The molecule has 0 radical (unpaired) electrons. The third-order valence-corrected chi connectivity index (χ3v) is 13.4. The zero-order valence-electron chi connectivity index (χ0n) is 32.8. The van der Waals surface area contributed by atoms with E-state index in [0.29, 0.717) is 5.56 Å². The Morgan fingerprint density at radius 3 is 2.25 bits per heavy atom. The van der Waals surface area contributed by atoms with E-state index < -0.39 is 105 Å². The second-order valence-corrected chi connectivity index (χ2v) is 16.9. The maximum atomic E-state index is 14.2. The van der Waals surface area contributed by atoms with Crippen molar-refractivity contribution >= 4 is 35.8 Å². The lowest BCUT2D eigenvalue weighted by Gasteiger charge is -2.68. The number of cyclic esters (lactones) is 1. The zero-order valence-corrected chi connectivity index (χ0v) is 32.8. The van der Waals surface area contributed by atoms with Crippen LogP contribution >= 0.6 is 0 Å². The highest BCUT2D eigenvalue weighted by atomic mass is 16.6. The molecular formula is C40H50O15. The van der Waals surface area contributed by atoms with Gasteiger partial charge in [-0.1, -0.05) is 26.8 Å². The number of hydrogen-bond donors (Lipinski definition) is 2. The number of esters is 6. The Morgan fingerprint density at radius 2 is 1.71 bits per heavy atom. The van der Waals surface area contributed by atoms with Crippen LogP contribution in [-0.4, -0.2) is 88.3 Å². The molecule has 6 rings (SSSR count). The van der Waals surface area contributed by atoms with Gasteiger partial charge in [0.15, 0.2) is 22.9 Å². The summed E-state index contributed by atoms with van der Waals surface area (Å²) in [5.41, 5.74) is -9.59. The smallest absolute Gasteiger partial charge is 0.352 e. The average molecular weight is 771 g/mol. The molecule has 0 spiro atoms. The lowest BCUT2D eigenvalue weighted by Crippen LogP contribution is -2.81. The Labute approximate surface area is 318 Å². The van der Waals surface area contributed by atoms with Gasteiger partial charge in [0.2, 0.25) is 6.10 Å². The van der Waals surface area contributed by atoms with Crippen LogP contribution in [0, 0.1) is 28.1 Å². The molecule has 0 unspecified atom stereocenters. The highest BCUT2D eigenvalue weighted by molar-refractivity contribution is 5.89. The Kier molecular flexibility index (Phi) is 9.52. The molecule has 1 saturated heterocycles. The largest absolute Gasteiger partial charge is 0.472 e. The van der Waals surface area contributed by atoms with Gasteiger partial charge >= 0.3 is 35.8 Å². The molecule has 1 aromatic rings. The SMILES string of the molecule is C/C=C(\C)C(=O)O[C@H]1[C@]2(C)C[C@@]3(OC(C)=O)[C@](C)([C@H]4CC[C@]5(C)C(=C4[C@H](OC(C)=O)[C@@]13O)[C@@H](OC(=O)C(C)(C)O)C(=O)O[C@H]5c1ccoc1)[C@H]2CC(=O)OC. The van der Waals surface area contributed by atoms with E-state index in [1.165, 1.54) is 53.4 Å². The summed E-state index contributed by atoms with van der Waals surface area (Å²) in [7, 11) is 1.23. The van der Waals surface area contributed by atoms with E-state index in [0.717, 1.165) is 6.92 Å². The quantitative estimate of drug-likeness (QED) is 0.159. The highest BCUT2D eigenvalue weighted by Gasteiger charge is 2.92. The van der Waals surface area contributed by atoms with Crippen LogP contribution in [0.4, 0.5) is 0 Å². The number of furan rings is 1. The molecule has 15 heteroatoms. The molecule has 2 heterocycles. The van der Waals surface area contributed by atoms with Gasteiger partial charge in [0.25, 0.3) is 0 Å². The molecule has 1 aromatic heterocycles. The number of hydrogen-bond acceptors (Lipinski definition) is 15. The molecule has 2 N–H and O–H groups in total. The van der Waals surface area contributed by atoms with Gasteiger partial charge < -0.3 is 43.1 Å². The molecule has 1 aliphatic heterocycles. The number of methoxy groups -OCH3 is 1. The maximum absolute atomic E-state index is 14.2. The molecule has 11 atom stereocenters. The Bertz CT molecular complexity index is 1890. The van der Waals surface area contributed by atoms with Gasteiger partial charge in [0.1, 0.15) is 12.2 Å². The number of ether oxygens (including phenoxy) is 6. The normalized spacial score (nSPS) is 39.0. The molecule has 5 aliphatic rings. The van der Waals surface area contributed by atoms with Crippen LogP contribution in [0.3, 0.4) is 0 Å². The van der Waals surface area contributed by atoms with Gasteiger partial charge in [0.05, 0.1) is 19.6 Å². The fraction of sp³-hybridized carbons (Fsp3) is 0.650. The summed E-state index contributed by atoms with van der Waals surface area (Å²) in [6, 6.07) is 1.62. The molecule has 55 heavy (non-hydrogen) atoms. The van der Waals surface area contributed by atoms with Crippen LogP contribution in [0.2, 0.25) is 0 Å². The third kappa shape index (κ3) is 5.42. The van der Waals surface area contributed by atoms with E-state index in [4.69, 9.17) is 32.8 Å². The topological polar surface area (TPSA) is 211 Å². The highest BCUT2D eigenvalue weighted by Crippen LogP contribution is 2.82. The van der Waals surface area contributed by atoms with Gasteiger partial charge in [0, 0.05) is 54.1 Å². The first-order valence-electron chi connectivity index (χ1n) is 18.4. The molecular weight excluding hydrogens is 720 g/mol. The second-order valence-electron chi connectivity index (χ2n) is 16.9. The minimum Gasteiger partial charge on any atom is -0.472 e. The number of carbonyl (C=O) groups excluding carboxylic acids is 6. The van der Waals surface area contributed by atoms with E-state index in [9.17, 15) is 39.0 Å². The predicted molar refractivity (Wildman–Crippen MR) is 187 cm³/mol. The Hall–Kier alpha value is -4.50. The molecule has 300 valence electrons. The van der Waals surface area contributed by atoms with Crippen molar-refractivity contribution in [1.29, 1.82) is 0 Å². The third-order valence-electron chi connectivity index (χ3n) is 13.4. The van der Waals surface area contributed by atoms with Crippen LogP contribution in [-0.2, 0) is 57.2 Å². The molecule has 2 bridgehead atoms. The molecule has 0 aromatic carbocycles. The first-order valence-corrected chi connectivity index (χ1v) is 18.4. The summed E-state index contributed by atoms with van der Waals surface area (Å²) < 4.78 is 41.2. The predicted octanol–water partition coefficient (Wildman–Crippen LogP) is 3.74. The number of aliphatic hydroxyl groups is 2. The van der Waals surface area contributed by atoms with Crippen molar-refractivity contribution in [2.75, 3.05) is 7.11 Å². The number of carbonyl (C=O) groups is 6. The second kappa shape index (κ2) is 13.0. The fourth-order valence-electron chi connectivity index (χ4n) is 11.1. The monoisotopic (exact) mass is 770 g/mol. The van der Waals surface area contributed by atoms with E-state index in [-0.39, 0.29) is 42.4 Å². The van der Waals surface area contributed by atoms with Gasteiger partial charge in [-0.3, -0.25) is 14.4 Å². The van der Waals surface area contributed by atoms with Gasteiger partial charge in [-0.2, -0.15) is 0 Å². The Morgan fingerprint density at radius 1 is 1.04 bits per heavy atom. The minimum absolute atomic E-state index is 0.119. The maximum Gasteiger partial charge on any atom is 0.352 e. The summed E-state index contributed by atoms with van der Waals surface area (Å²) in [6.07, 6.45) is -1.78. The molecule has 4 aliphatic carbocycles. The van der Waals surface area contributed by atoms with Crippen molar-refractivity contribution in [2.45, 2.75) is 129 Å². The van der Waals surface area contributed by atoms with Gasteiger partial charge in [-0.05, 0) is 69.6 Å². The zero-order chi connectivity index (χ0) is 40.8. The van der Waals surface area contributed by atoms with Crippen LogP contribution in [0.5, 0.6) is 0 Å². The van der Waals surface area contributed by atoms with Crippen molar-refractivity contribution < 1.29 is 71.8 Å². The van der Waals surface area contributed by atoms with Crippen LogP contribution in [0.15, 0.2) is 45.8 Å². The van der Waals surface area contributed by atoms with E-state index in [1.54, 1.807) is 33.8 Å². The molecule has 15 nitrogen and oxygen atoms in total. The molecule has 4 fully saturated rings. The van der Waals surface area contributed by atoms with E-state index in [2.05, 4.69) is 0 Å². The molecule has 0 amide bonds. The lowest BCUT2D eigenvalue weighted by molar-refractivity contribution is -0.319. The van der Waals surface area contributed by atoms with Gasteiger partial charge in [-0.25, -0.2) is 14.4 Å². The van der Waals surface area contributed by atoms with Crippen LogP contribution in [0.1, 0.15) is 99.7 Å². The van der Waals surface area contributed by atoms with Crippen molar-refractivity contribution in [3.05, 3.63) is 47.0 Å². The number of allylic oxidation sites excluding steroid dienone is 1.